The van der Waals surface area contributed by atoms with Gasteiger partial charge in [-0.15, -0.1) is 0 Å². The molecule has 1 aromatic heterocycles. The van der Waals surface area contributed by atoms with Crippen molar-refractivity contribution in [1.82, 2.24) is 4.98 Å². The molecule has 18 heavy (non-hydrogen) atoms. The molecule has 0 saturated heterocycles. The van der Waals surface area contributed by atoms with Gasteiger partial charge in [0.2, 0.25) is 0 Å². The van der Waals surface area contributed by atoms with Crippen molar-refractivity contribution in [2.24, 2.45) is 0 Å². The van der Waals surface area contributed by atoms with Crippen LogP contribution >= 0.6 is 0 Å². The number of aliphatic carboxylic acids is 1. The Hall–Kier alpha value is -2.23. The molecule has 2 rings (SSSR count). The zero-order chi connectivity index (χ0) is 13.0. The number of rotatable bonds is 4. The molecule has 92 valence electrons. The predicted molar refractivity (Wildman–Crippen MR) is 64.7 cm³/mol. The number of aromatic nitrogens is 1. The maximum Gasteiger partial charge on any atom is 0.311 e. The molecule has 0 aliphatic heterocycles. The average Bonchev–Trinajstić information content (AvgIpc) is 2.37. The van der Waals surface area contributed by atoms with Crippen LogP contribution in [0, 0.1) is 5.82 Å². The number of carbonyl (C=O) groups is 1. The van der Waals surface area contributed by atoms with Crippen molar-refractivity contribution in [1.29, 1.82) is 0 Å². The second-order valence-corrected chi connectivity index (χ2v) is 3.97. The molecule has 1 heterocycles. The zero-order valence-corrected chi connectivity index (χ0v) is 9.58. The first kappa shape index (κ1) is 12.2. The largest absolute Gasteiger partial charge is 0.481 e. The summed E-state index contributed by atoms with van der Waals surface area (Å²) < 4.78 is 13.1. The first-order valence-corrected chi connectivity index (χ1v) is 5.55. The Morgan fingerprint density at radius 2 is 2.11 bits per heavy atom. The van der Waals surface area contributed by atoms with E-state index in [1.54, 1.807) is 30.5 Å². The summed E-state index contributed by atoms with van der Waals surface area (Å²) in [5, 5.41) is 9.23. The van der Waals surface area contributed by atoms with Crippen LogP contribution in [0.1, 0.15) is 17.2 Å². The van der Waals surface area contributed by atoms with Crippen LogP contribution in [0.5, 0.6) is 0 Å². The summed E-state index contributed by atoms with van der Waals surface area (Å²) >= 11 is 0. The second kappa shape index (κ2) is 5.40. The van der Waals surface area contributed by atoms with Crippen LogP contribution in [0.4, 0.5) is 4.39 Å². The number of carboxylic acids is 1. The van der Waals surface area contributed by atoms with Crippen LogP contribution in [-0.4, -0.2) is 16.1 Å². The first-order valence-electron chi connectivity index (χ1n) is 5.55. The molecule has 0 amide bonds. The molecule has 0 spiro atoms. The molecule has 0 aliphatic carbocycles. The van der Waals surface area contributed by atoms with E-state index >= 15 is 0 Å². The van der Waals surface area contributed by atoms with E-state index in [1.165, 1.54) is 18.2 Å². The van der Waals surface area contributed by atoms with Gasteiger partial charge in [-0.1, -0.05) is 18.2 Å². The van der Waals surface area contributed by atoms with Gasteiger partial charge in [-0.25, -0.2) is 4.39 Å². The molecular weight excluding hydrogens is 233 g/mol. The van der Waals surface area contributed by atoms with E-state index in [-0.39, 0.29) is 6.42 Å². The molecule has 3 nitrogen and oxygen atoms in total. The third-order valence-electron chi connectivity index (χ3n) is 2.69. The van der Waals surface area contributed by atoms with Crippen LogP contribution in [0.25, 0.3) is 0 Å². The Kier molecular flexibility index (Phi) is 3.67. The Bertz CT molecular complexity index is 543. The van der Waals surface area contributed by atoms with Gasteiger partial charge in [0.05, 0.1) is 5.92 Å². The lowest BCUT2D eigenvalue weighted by atomic mass is 9.94. The molecule has 1 aromatic carbocycles. The minimum absolute atomic E-state index is 0.250. The van der Waals surface area contributed by atoms with Crippen LogP contribution in [0.3, 0.4) is 0 Å². The number of hydrogen-bond acceptors (Lipinski definition) is 2. The highest BCUT2D eigenvalue weighted by Crippen LogP contribution is 2.21. The molecule has 0 bridgehead atoms. The molecule has 0 radical (unpaired) electrons. The predicted octanol–water partition coefficient (Wildman–Crippen LogP) is 2.63. The summed E-state index contributed by atoms with van der Waals surface area (Å²) in [6, 6.07) is 11.0. The Labute approximate surface area is 104 Å². The number of halogens is 1. The first-order chi connectivity index (χ1) is 8.66. The molecular formula is C14H12FNO2. The summed E-state index contributed by atoms with van der Waals surface area (Å²) in [6.07, 6.45) is 1.86. The van der Waals surface area contributed by atoms with E-state index in [0.717, 1.165) is 0 Å². The van der Waals surface area contributed by atoms with Gasteiger partial charge < -0.3 is 5.11 Å². The summed E-state index contributed by atoms with van der Waals surface area (Å²) in [5.41, 5.74) is 1.13. The number of nitrogens with zero attached hydrogens (tertiary/aromatic N) is 1. The van der Waals surface area contributed by atoms with Gasteiger partial charge in [0.15, 0.2) is 0 Å². The van der Waals surface area contributed by atoms with Gasteiger partial charge in [-0.2, -0.15) is 0 Å². The monoisotopic (exact) mass is 245 g/mol. The zero-order valence-electron chi connectivity index (χ0n) is 9.58. The number of carboxylic acid groups (broad SMARTS) is 1. The van der Waals surface area contributed by atoms with E-state index in [4.69, 9.17) is 0 Å². The second-order valence-electron chi connectivity index (χ2n) is 3.97. The maximum absolute atomic E-state index is 13.1. The van der Waals surface area contributed by atoms with Crippen molar-refractivity contribution in [2.45, 2.75) is 12.3 Å². The standard InChI is InChI=1S/C14H12FNO2/c15-11-5-3-4-10(8-11)13(14(17)18)9-12-6-1-2-7-16-12/h1-8,13H,9H2,(H,17,18). The van der Waals surface area contributed by atoms with Gasteiger partial charge in [0.1, 0.15) is 5.82 Å². The highest BCUT2D eigenvalue weighted by molar-refractivity contribution is 5.76. The minimum Gasteiger partial charge on any atom is -0.481 e. The summed E-state index contributed by atoms with van der Waals surface area (Å²) in [5.74, 6) is -2.19. The minimum atomic E-state index is -0.980. The molecule has 4 heteroatoms. The average molecular weight is 245 g/mol. The van der Waals surface area contributed by atoms with Gasteiger partial charge in [-0.3, -0.25) is 9.78 Å². The lowest BCUT2D eigenvalue weighted by Crippen LogP contribution is -2.15. The van der Waals surface area contributed by atoms with Crippen LogP contribution in [0.2, 0.25) is 0 Å². The van der Waals surface area contributed by atoms with E-state index in [0.29, 0.717) is 11.3 Å². The van der Waals surface area contributed by atoms with Crippen molar-refractivity contribution in [3.8, 4) is 0 Å². The molecule has 1 unspecified atom stereocenters. The molecule has 0 fully saturated rings. The van der Waals surface area contributed by atoms with E-state index in [2.05, 4.69) is 4.98 Å². The SMILES string of the molecule is O=C(O)C(Cc1ccccn1)c1cccc(F)c1. The number of hydrogen-bond donors (Lipinski definition) is 1. The smallest absolute Gasteiger partial charge is 0.311 e. The third-order valence-corrected chi connectivity index (χ3v) is 2.69. The lowest BCUT2D eigenvalue weighted by molar-refractivity contribution is -0.138. The summed E-state index contributed by atoms with van der Waals surface area (Å²) in [6.45, 7) is 0. The fourth-order valence-electron chi connectivity index (χ4n) is 1.80. The highest BCUT2D eigenvalue weighted by Gasteiger charge is 2.21. The van der Waals surface area contributed by atoms with Crippen LogP contribution in [0.15, 0.2) is 48.7 Å². The molecule has 2 aromatic rings. The van der Waals surface area contributed by atoms with Crippen molar-refractivity contribution in [3.63, 3.8) is 0 Å². The summed E-state index contributed by atoms with van der Waals surface area (Å²) in [4.78, 5) is 15.4. The fourth-order valence-corrected chi connectivity index (χ4v) is 1.80. The summed E-state index contributed by atoms with van der Waals surface area (Å²) in [7, 11) is 0. The van der Waals surface area contributed by atoms with Crippen LogP contribution < -0.4 is 0 Å². The Morgan fingerprint density at radius 1 is 1.28 bits per heavy atom. The molecule has 1 N–H and O–H groups in total. The van der Waals surface area contributed by atoms with E-state index in [1.807, 2.05) is 0 Å². The number of benzene rings is 1. The van der Waals surface area contributed by atoms with Crippen molar-refractivity contribution in [3.05, 3.63) is 65.7 Å². The van der Waals surface area contributed by atoms with Crippen molar-refractivity contribution >= 4 is 5.97 Å². The topological polar surface area (TPSA) is 50.2 Å². The molecule has 0 aliphatic rings. The van der Waals surface area contributed by atoms with Gasteiger partial charge in [-0.05, 0) is 29.8 Å². The Morgan fingerprint density at radius 3 is 2.72 bits per heavy atom. The fraction of sp³-hybridized carbons (Fsp3) is 0.143. The lowest BCUT2D eigenvalue weighted by Gasteiger charge is -2.12. The van der Waals surface area contributed by atoms with Gasteiger partial charge >= 0.3 is 5.97 Å². The number of pyridine rings is 1. The van der Waals surface area contributed by atoms with Crippen molar-refractivity contribution in [2.75, 3.05) is 0 Å². The van der Waals surface area contributed by atoms with E-state index < -0.39 is 17.7 Å². The van der Waals surface area contributed by atoms with E-state index in [9.17, 15) is 14.3 Å². The molecule has 1 atom stereocenters. The third kappa shape index (κ3) is 2.91. The van der Waals surface area contributed by atoms with Gasteiger partial charge in [0.25, 0.3) is 0 Å². The van der Waals surface area contributed by atoms with Crippen molar-refractivity contribution < 1.29 is 14.3 Å². The maximum atomic E-state index is 13.1. The Balaban J connectivity index is 2.27. The normalized spacial score (nSPS) is 12.1. The molecule has 0 saturated carbocycles. The highest BCUT2D eigenvalue weighted by atomic mass is 19.1. The quantitative estimate of drug-likeness (QED) is 0.900. The van der Waals surface area contributed by atoms with Gasteiger partial charge in [0, 0.05) is 18.3 Å². The van der Waals surface area contributed by atoms with Crippen LogP contribution in [-0.2, 0) is 11.2 Å².